The summed E-state index contributed by atoms with van der Waals surface area (Å²) in [6.07, 6.45) is 1.66. The highest BCUT2D eigenvalue weighted by Crippen LogP contribution is 2.09. The Morgan fingerprint density at radius 3 is 2.40 bits per heavy atom. The van der Waals surface area contributed by atoms with Crippen LogP contribution in [0.1, 0.15) is 20.8 Å². The highest BCUT2D eigenvalue weighted by Gasteiger charge is 2.26. The molecule has 0 bridgehead atoms. The number of rotatable bonds is 3. The molecular weight excluding hydrogens is 130 g/mol. The van der Waals surface area contributed by atoms with Crippen molar-refractivity contribution in [1.29, 1.82) is 0 Å². The van der Waals surface area contributed by atoms with Crippen LogP contribution in [0, 0.1) is 5.41 Å². The van der Waals surface area contributed by atoms with Crippen LogP contribution in [0.3, 0.4) is 0 Å². The molecule has 0 atom stereocenters. The number of hydrogen-bond acceptors (Lipinski definition) is 2. The van der Waals surface area contributed by atoms with E-state index in [-0.39, 0.29) is 5.91 Å². The fourth-order valence-corrected chi connectivity index (χ4v) is 0.428. The summed E-state index contributed by atoms with van der Waals surface area (Å²) in [4.78, 5) is 21.1. The van der Waals surface area contributed by atoms with Crippen LogP contribution in [0.4, 0.5) is 0 Å². The van der Waals surface area contributed by atoms with E-state index in [1.54, 1.807) is 13.2 Å². The van der Waals surface area contributed by atoms with E-state index in [0.29, 0.717) is 6.54 Å². The van der Waals surface area contributed by atoms with Crippen molar-refractivity contribution in [1.82, 2.24) is 5.32 Å². The van der Waals surface area contributed by atoms with Crippen LogP contribution in [0.5, 0.6) is 0 Å². The number of nitrogens with one attached hydrogen (secondary N) is 1. The first kappa shape index (κ1) is 9.14. The van der Waals surface area contributed by atoms with Crippen molar-refractivity contribution in [3.05, 3.63) is 0 Å². The number of carbonyl (C=O) groups is 1. The normalized spacial score (nSPS) is 10.7. The molecule has 57 valence electrons. The van der Waals surface area contributed by atoms with Crippen molar-refractivity contribution < 1.29 is 9.59 Å². The minimum absolute atomic E-state index is 0.273. The summed E-state index contributed by atoms with van der Waals surface area (Å²) >= 11 is 0. The lowest BCUT2D eigenvalue weighted by atomic mass is 9.95. The van der Waals surface area contributed by atoms with Crippen LogP contribution >= 0.6 is 0 Å². The van der Waals surface area contributed by atoms with Crippen molar-refractivity contribution in [2.24, 2.45) is 5.41 Å². The Bertz CT molecular complexity index is 141. The van der Waals surface area contributed by atoms with E-state index < -0.39 is 5.41 Å². The topological polar surface area (TPSA) is 46.2 Å². The zero-order valence-corrected chi connectivity index (χ0v) is 6.52. The van der Waals surface area contributed by atoms with Gasteiger partial charge in [0.05, 0.1) is 0 Å². The predicted molar refractivity (Wildman–Crippen MR) is 38.2 cm³/mol. The molecule has 0 aromatic rings. The SMILES string of the molecule is CCNC(=O)C(C)(C)[C]=O. The molecule has 0 aliphatic rings. The second-order valence-corrected chi connectivity index (χ2v) is 2.59. The van der Waals surface area contributed by atoms with Gasteiger partial charge in [-0.05, 0) is 20.8 Å². The second-order valence-electron chi connectivity index (χ2n) is 2.59. The minimum atomic E-state index is -1.00. The molecule has 0 heterocycles. The third-order valence-corrected chi connectivity index (χ3v) is 1.16. The third-order valence-electron chi connectivity index (χ3n) is 1.16. The first-order chi connectivity index (χ1) is 4.54. The van der Waals surface area contributed by atoms with Gasteiger partial charge >= 0.3 is 0 Å². The zero-order valence-electron chi connectivity index (χ0n) is 6.52. The Morgan fingerprint density at radius 1 is 1.60 bits per heavy atom. The molecule has 0 aromatic carbocycles. The molecule has 0 unspecified atom stereocenters. The smallest absolute Gasteiger partial charge is 0.233 e. The van der Waals surface area contributed by atoms with Gasteiger partial charge in [-0.1, -0.05) is 0 Å². The maximum absolute atomic E-state index is 10.9. The fourth-order valence-electron chi connectivity index (χ4n) is 0.428. The van der Waals surface area contributed by atoms with Crippen molar-refractivity contribution in [2.45, 2.75) is 20.8 Å². The molecular formula is C7H12NO2. The van der Waals surface area contributed by atoms with Crippen molar-refractivity contribution in [3.8, 4) is 0 Å². The van der Waals surface area contributed by atoms with Gasteiger partial charge in [0, 0.05) is 6.54 Å². The van der Waals surface area contributed by atoms with E-state index in [4.69, 9.17) is 0 Å². The van der Waals surface area contributed by atoms with Crippen LogP contribution in [0.2, 0.25) is 0 Å². The summed E-state index contributed by atoms with van der Waals surface area (Å²) in [5.74, 6) is -0.273. The maximum atomic E-state index is 10.9. The first-order valence-corrected chi connectivity index (χ1v) is 3.22. The van der Waals surface area contributed by atoms with Gasteiger partial charge in [-0.2, -0.15) is 0 Å². The first-order valence-electron chi connectivity index (χ1n) is 3.22. The van der Waals surface area contributed by atoms with E-state index in [1.165, 1.54) is 13.8 Å². The Labute approximate surface area is 60.8 Å². The van der Waals surface area contributed by atoms with Gasteiger partial charge in [0.1, 0.15) is 5.41 Å². The molecule has 3 heteroatoms. The van der Waals surface area contributed by atoms with Crippen molar-refractivity contribution >= 4 is 12.2 Å². The molecule has 0 saturated heterocycles. The molecule has 1 radical (unpaired) electrons. The summed E-state index contributed by atoms with van der Waals surface area (Å²) in [5, 5.41) is 2.54. The van der Waals surface area contributed by atoms with Gasteiger partial charge < -0.3 is 5.32 Å². The van der Waals surface area contributed by atoms with Gasteiger partial charge in [-0.3, -0.25) is 9.59 Å². The molecule has 1 amide bonds. The van der Waals surface area contributed by atoms with E-state index >= 15 is 0 Å². The number of carbonyl (C=O) groups excluding carboxylic acids is 2. The number of hydrogen-bond donors (Lipinski definition) is 1. The largest absolute Gasteiger partial charge is 0.356 e. The highest BCUT2D eigenvalue weighted by atomic mass is 16.2. The van der Waals surface area contributed by atoms with Gasteiger partial charge in [0.25, 0.3) is 0 Å². The maximum Gasteiger partial charge on any atom is 0.233 e. The second kappa shape index (κ2) is 3.34. The van der Waals surface area contributed by atoms with Crippen LogP contribution in [0.25, 0.3) is 0 Å². The average Bonchev–Trinajstić information content (AvgIpc) is 1.89. The molecule has 10 heavy (non-hydrogen) atoms. The fraction of sp³-hybridized carbons (Fsp3) is 0.714. The summed E-state index contributed by atoms with van der Waals surface area (Å²) in [6.45, 7) is 5.42. The molecule has 0 fully saturated rings. The third kappa shape index (κ3) is 2.17. The number of amides is 1. The summed E-state index contributed by atoms with van der Waals surface area (Å²) in [5.41, 5.74) is -1.00. The summed E-state index contributed by atoms with van der Waals surface area (Å²) < 4.78 is 0. The summed E-state index contributed by atoms with van der Waals surface area (Å²) in [7, 11) is 0. The van der Waals surface area contributed by atoms with Crippen LogP contribution < -0.4 is 5.32 Å². The average molecular weight is 142 g/mol. The Kier molecular flexibility index (Phi) is 3.06. The highest BCUT2D eigenvalue weighted by molar-refractivity contribution is 5.95. The standard InChI is InChI=1S/C7H12NO2/c1-4-8-6(10)7(2,3)5-9/h4H2,1-3H3,(H,8,10). The van der Waals surface area contributed by atoms with E-state index in [0.717, 1.165) is 0 Å². The van der Waals surface area contributed by atoms with Gasteiger partial charge in [0.2, 0.25) is 12.2 Å². The van der Waals surface area contributed by atoms with Crippen LogP contribution in [-0.4, -0.2) is 18.7 Å². The molecule has 1 N–H and O–H groups in total. The lowest BCUT2D eigenvalue weighted by Gasteiger charge is -2.13. The molecule has 0 aliphatic heterocycles. The predicted octanol–water partition coefficient (Wildman–Crippen LogP) is 0.258. The Hall–Kier alpha value is -0.860. The Morgan fingerprint density at radius 2 is 2.10 bits per heavy atom. The molecule has 0 aromatic heterocycles. The summed E-state index contributed by atoms with van der Waals surface area (Å²) in [6, 6.07) is 0. The monoisotopic (exact) mass is 142 g/mol. The Balaban J connectivity index is 4.04. The molecule has 0 spiro atoms. The molecule has 0 aliphatic carbocycles. The minimum Gasteiger partial charge on any atom is -0.356 e. The van der Waals surface area contributed by atoms with Gasteiger partial charge in [-0.25, -0.2) is 0 Å². The van der Waals surface area contributed by atoms with Crippen LogP contribution in [-0.2, 0) is 9.59 Å². The van der Waals surface area contributed by atoms with Crippen molar-refractivity contribution in [3.63, 3.8) is 0 Å². The quantitative estimate of drug-likeness (QED) is 0.574. The molecule has 0 rings (SSSR count). The lowest BCUT2D eigenvalue weighted by molar-refractivity contribution is -0.126. The van der Waals surface area contributed by atoms with Gasteiger partial charge in [0.15, 0.2) is 0 Å². The van der Waals surface area contributed by atoms with Crippen molar-refractivity contribution in [2.75, 3.05) is 6.54 Å². The lowest BCUT2D eigenvalue weighted by Crippen LogP contribution is -2.37. The molecule has 3 nitrogen and oxygen atoms in total. The van der Waals surface area contributed by atoms with Crippen LogP contribution in [0.15, 0.2) is 0 Å². The van der Waals surface area contributed by atoms with Gasteiger partial charge in [-0.15, -0.1) is 0 Å². The van der Waals surface area contributed by atoms with E-state index in [2.05, 4.69) is 5.32 Å². The van der Waals surface area contributed by atoms with E-state index in [9.17, 15) is 9.59 Å². The van der Waals surface area contributed by atoms with E-state index in [1.807, 2.05) is 0 Å². The zero-order chi connectivity index (χ0) is 8.20. The molecule has 0 saturated carbocycles.